The Balaban J connectivity index is 2.20. The summed E-state index contributed by atoms with van der Waals surface area (Å²) in [5, 5.41) is 0. The average molecular weight is 334 g/mol. The number of piperidine rings is 1. The molecule has 24 heavy (non-hydrogen) atoms. The van der Waals surface area contributed by atoms with E-state index in [0.717, 1.165) is 25.9 Å². The molecule has 0 radical (unpaired) electrons. The van der Waals surface area contributed by atoms with Crippen LogP contribution >= 0.6 is 0 Å². The largest absolute Gasteiger partial charge is 0.497 e. The number of hydrogen-bond acceptors (Lipinski definition) is 4. The number of carbonyl (C=O) groups is 2. The van der Waals surface area contributed by atoms with E-state index in [0.29, 0.717) is 23.1 Å². The smallest absolute Gasteiger partial charge is 0.242 e. The topological polar surface area (TPSA) is 59.1 Å². The van der Waals surface area contributed by atoms with E-state index in [1.807, 2.05) is 4.90 Å². The predicted molar refractivity (Wildman–Crippen MR) is 92.6 cm³/mol. The molecule has 1 aliphatic heterocycles. The molecule has 1 aliphatic rings. The molecular formula is C18H26N2O4. The Labute approximate surface area is 143 Å². The number of nitrogens with zero attached hydrogens (tertiary/aromatic N) is 2. The van der Waals surface area contributed by atoms with Gasteiger partial charge in [0.1, 0.15) is 18.0 Å². The molecule has 0 N–H and O–H groups in total. The van der Waals surface area contributed by atoms with Crippen molar-refractivity contribution in [2.45, 2.75) is 26.7 Å². The van der Waals surface area contributed by atoms with Gasteiger partial charge in [0.2, 0.25) is 11.8 Å². The SMILES string of the molecule is COc1ccc(N(CC(=O)N2CCCC(C)C2)C(C)=O)c(OC)c1. The summed E-state index contributed by atoms with van der Waals surface area (Å²) in [6, 6.07) is 5.20. The average Bonchev–Trinajstić information content (AvgIpc) is 2.58. The highest BCUT2D eigenvalue weighted by Crippen LogP contribution is 2.32. The van der Waals surface area contributed by atoms with Crippen molar-refractivity contribution in [1.29, 1.82) is 0 Å². The van der Waals surface area contributed by atoms with Gasteiger partial charge in [-0.15, -0.1) is 0 Å². The van der Waals surface area contributed by atoms with Crippen LogP contribution in [0, 0.1) is 5.92 Å². The first-order valence-electron chi connectivity index (χ1n) is 8.24. The van der Waals surface area contributed by atoms with E-state index in [2.05, 4.69) is 6.92 Å². The highest BCUT2D eigenvalue weighted by atomic mass is 16.5. The Morgan fingerprint density at radius 2 is 2.04 bits per heavy atom. The fourth-order valence-corrected chi connectivity index (χ4v) is 3.03. The van der Waals surface area contributed by atoms with Crippen LogP contribution in [0.5, 0.6) is 11.5 Å². The van der Waals surface area contributed by atoms with Gasteiger partial charge in [-0.05, 0) is 30.9 Å². The number of carbonyl (C=O) groups excluding carboxylic acids is 2. The molecule has 6 heteroatoms. The van der Waals surface area contributed by atoms with Gasteiger partial charge in [0.25, 0.3) is 0 Å². The molecule has 1 aromatic carbocycles. The zero-order valence-electron chi connectivity index (χ0n) is 14.9. The zero-order valence-corrected chi connectivity index (χ0v) is 14.9. The number of methoxy groups -OCH3 is 2. The second-order valence-corrected chi connectivity index (χ2v) is 6.23. The van der Waals surface area contributed by atoms with E-state index in [1.165, 1.54) is 18.9 Å². The lowest BCUT2D eigenvalue weighted by Crippen LogP contribution is -2.46. The quantitative estimate of drug-likeness (QED) is 0.829. The van der Waals surface area contributed by atoms with Crippen molar-refractivity contribution < 1.29 is 19.1 Å². The van der Waals surface area contributed by atoms with Crippen LogP contribution in [0.1, 0.15) is 26.7 Å². The first-order chi connectivity index (χ1) is 11.5. The van der Waals surface area contributed by atoms with Crippen LogP contribution in [0.15, 0.2) is 18.2 Å². The highest BCUT2D eigenvalue weighted by Gasteiger charge is 2.25. The maximum absolute atomic E-state index is 12.6. The summed E-state index contributed by atoms with van der Waals surface area (Å²) in [5.41, 5.74) is 0.573. The van der Waals surface area contributed by atoms with E-state index < -0.39 is 0 Å². The van der Waals surface area contributed by atoms with Gasteiger partial charge in [-0.3, -0.25) is 14.5 Å². The standard InChI is InChI=1S/C18H26N2O4/c1-13-6-5-9-19(11-13)18(22)12-20(14(2)21)16-8-7-15(23-3)10-17(16)24-4/h7-8,10,13H,5-6,9,11-12H2,1-4H3. The van der Waals surface area contributed by atoms with E-state index in [1.54, 1.807) is 25.3 Å². The second kappa shape index (κ2) is 8.04. The van der Waals surface area contributed by atoms with Gasteiger partial charge in [-0.2, -0.15) is 0 Å². The maximum Gasteiger partial charge on any atom is 0.242 e. The summed E-state index contributed by atoms with van der Waals surface area (Å²) in [5.74, 6) is 1.41. The normalized spacial score (nSPS) is 17.3. The summed E-state index contributed by atoms with van der Waals surface area (Å²) in [7, 11) is 3.10. The Kier molecular flexibility index (Phi) is 6.06. The lowest BCUT2D eigenvalue weighted by Gasteiger charge is -2.33. The van der Waals surface area contributed by atoms with Crippen molar-refractivity contribution in [3.63, 3.8) is 0 Å². The number of ether oxygens (including phenoxy) is 2. The van der Waals surface area contributed by atoms with Crippen molar-refractivity contribution in [1.82, 2.24) is 4.90 Å². The molecule has 2 rings (SSSR count). The monoisotopic (exact) mass is 334 g/mol. The maximum atomic E-state index is 12.6. The van der Waals surface area contributed by atoms with Crippen LogP contribution in [0.25, 0.3) is 0 Å². The Hall–Kier alpha value is -2.24. The first kappa shape index (κ1) is 18.1. The van der Waals surface area contributed by atoms with Gasteiger partial charge in [0, 0.05) is 26.1 Å². The molecule has 0 spiro atoms. The second-order valence-electron chi connectivity index (χ2n) is 6.23. The third-order valence-electron chi connectivity index (χ3n) is 4.36. The molecule has 0 aromatic heterocycles. The summed E-state index contributed by atoms with van der Waals surface area (Å²) in [4.78, 5) is 28.0. The number of hydrogen-bond donors (Lipinski definition) is 0. The van der Waals surface area contributed by atoms with Crippen molar-refractivity contribution in [2.75, 3.05) is 38.8 Å². The van der Waals surface area contributed by atoms with Crippen molar-refractivity contribution in [3.05, 3.63) is 18.2 Å². The lowest BCUT2D eigenvalue weighted by molar-refractivity contribution is -0.132. The van der Waals surface area contributed by atoms with Crippen LogP contribution in [0.3, 0.4) is 0 Å². The van der Waals surface area contributed by atoms with Crippen molar-refractivity contribution in [2.24, 2.45) is 5.92 Å². The van der Waals surface area contributed by atoms with Crippen LogP contribution < -0.4 is 14.4 Å². The third kappa shape index (κ3) is 4.19. The van der Waals surface area contributed by atoms with Gasteiger partial charge in [0.15, 0.2) is 0 Å². The van der Waals surface area contributed by atoms with E-state index >= 15 is 0 Å². The molecular weight excluding hydrogens is 308 g/mol. The van der Waals surface area contributed by atoms with Gasteiger partial charge in [-0.25, -0.2) is 0 Å². The molecule has 1 atom stereocenters. The molecule has 1 aromatic rings. The Bertz CT molecular complexity index is 603. The molecule has 1 unspecified atom stereocenters. The Morgan fingerprint density at radius 1 is 1.29 bits per heavy atom. The van der Waals surface area contributed by atoms with Gasteiger partial charge in [-0.1, -0.05) is 6.92 Å². The minimum absolute atomic E-state index is 0.0186. The number of likely N-dealkylation sites (tertiary alicyclic amines) is 1. The van der Waals surface area contributed by atoms with Gasteiger partial charge >= 0.3 is 0 Å². The minimum Gasteiger partial charge on any atom is -0.497 e. The molecule has 0 saturated carbocycles. The number of anilines is 1. The first-order valence-corrected chi connectivity index (χ1v) is 8.24. The molecule has 1 heterocycles. The van der Waals surface area contributed by atoms with E-state index in [-0.39, 0.29) is 18.4 Å². The third-order valence-corrected chi connectivity index (χ3v) is 4.36. The molecule has 6 nitrogen and oxygen atoms in total. The zero-order chi connectivity index (χ0) is 17.7. The molecule has 0 aliphatic carbocycles. The minimum atomic E-state index is -0.197. The van der Waals surface area contributed by atoms with Gasteiger partial charge in [0.05, 0.1) is 19.9 Å². The van der Waals surface area contributed by atoms with Crippen molar-refractivity contribution >= 4 is 17.5 Å². The van der Waals surface area contributed by atoms with Crippen LogP contribution in [-0.4, -0.2) is 50.6 Å². The highest BCUT2D eigenvalue weighted by molar-refractivity contribution is 5.98. The van der Waals surface area contributed by atoms with Gasteiger partial charge < -0.3 is 14.4 Å². The number of rotatable bonds is 5. The summed E-state index contributed by atoms with van der Waals surface area (Å²) < 4.78 is 10.5. The van der Waals surface area contributed by atoms with Crippen molar-refractivity contribution in [3.8, 4) is 11.5 Å². The fraction of sp³-hybridized carbons (Fsp3) is 0.556. The molecule has 0 bridgehead atoms. The molecule has 132 valence electrons. The number of amides is 2. The van der Waals surface area contributed by atoms with Crippen LogP contribution in [0.4, 0.5) is 5.69 Å². The van der Waals surface area contributed by atoms with E-state index in [9.17, 15) is 9.59 Å². The summed E-state index contributed by atoms with van der Waals surface area (Å²) >= 11 is 0. The predicted octanol–water partition coefficient (Wildman–Crippen LogP) is 2.32. The summed E-state index contributed by atoms with van der Waals surface area (Å²) in [6.07, 6.45) is 2.16. The van der Waals surface area contributed by atoms with E-state index in [4.69, 9.17) is 9.47 Å². The number of benzene rings is 1. The summed E-state index contributed by atoms with van der Waals surface area (Å²) in [6.45, 7) is 5.13. The lowest BCUT2D eigenvalue weighted by atomic mass is 10.0. The Morgan fingerprint density at radius 3 is 2.62 bits per heavy atom. The van der Waals surface area contributed by atoms with Crippen LogP contribution in [0.2, 0.25) is 0 Å². The molecule has 1 saturated heterocycles. The fourth-order valence-electron chi connectivity index (χ4n) is 3.03. The molecule has 1 fully saturated rings. The molecule has 2 amide bonds. The van der Waals surface area contributed by atoms with Crippen LogP contribution in [-0.2, 0) is 9.59 Å².